The largest absolute Gasteiger partial charge is 0.493 e. The fraction of sp³-hybridized carbons (Fsp3) is 0.735. The molecule has 354 valence electrons. The molecule has 63 heavy (non-hydrogen) atoms. The minimum atomic E-state index is -0.968. The number of carbonyl (C=O) groups excluding carboxylic acids is 3. The molecule has 2 aliphatic heterocycles. The van der Waals surface area contributed by atoms with Crippen molar-refractivity contribution in [3.05, 3.63) is 61.4 Å². The fourth-order valence-corrected chi connectivity index (χ4v) is 8.47. The number of rotatable bonds is 29. The van der Waals surface area contributed by atoms with Crippen molar-refractivity contribution in [2.75, 3.05) is 53.1 Å². The molecule has 0 spiro atoms. The summed E-state index contributed by atoms with van der Waals surface area (Å²) in [4.78, 5) is 70.7. The maximum atomic E-state index is 13.7. The summed E-state index contributed by atoms with van der Waals surface area (Å²) in [5.41, 5.74) is 1.75. The van der Waals surface area contributed by atoms with Crippen LogP contribution >= 0.6 is 0 Å². The average molecular weight is 883 g/mol. The Morgan fingerprint density at radius 1 is 0.714 bits per heavy atom. The number of unbranched alkanes of at least 4 members (excludes halogenated alkanes) is 15. The van der Waals surface area contributed by atoms with Crippen molar-refractivity contribution in [1.82, 2.24) is 19.4 Å². The van der Waals surface area contributed by atoms with Crippen molar-refractivity contribution in [2.45, 2.75) is 181 Å². The molecule has 2 saturated heterocycles. The van der Waals surface area contributed by atoms with Crippen molar-refractivity contribution in [2.24, 2.45) is 0 Å². The number of aromatic amines is 1. The number of nitrogens with one attached hydrogen (secondary N) is 1. The minimum absolute atomic E-state index is 0.0639. The Kier molecular flexibility index (Phi) is 23.0. The number of ether oxygens (including phenoxy) is 5. The lowest BCUT2D eigenvalue weighted by Gasteiger charge is -2.35. The van der Waals surface area contributed by atoms with Crippen LogP contribution in [0.3, 0.4) is 0 Å². The van der Waals surface area contributed by atoms with Gasteiger partial charge in [-0.3, -0.25) is 28.7 Å². The van der Waals surface area contributed by atoms with Gasteiger partial charge in [0, 0.05) is 57.0 Å². The summed E-state index contributed by atoms with van der Waals surface area (Å²) in [6.45, 7) is 12.2. The van der Waals surface area contributed by atoms with Crippen molar-refractivity contribution < 1.29 is 38.1 Å². The number of hydrogen-bond donors (Lipinski definition) is 1. The monoisotopic (exact) mass is 883 g/mol. The number of amides is 2. The van der Waals surface area contributed by atoms with Gasteiger partial charge in [0.1, 0.15) is 11.9 Å². The van der Waals surface area contributed by atoms with Gasteiger partial charge < -0.3 is 33.5 Å². The normalized spacial score (nSPS) is 18.8. The summed E-state index contributed by atoms with van der Waals surface area (Å²) in [5, 5.41) is 0. The van der Waals surface area contributed by atoms with Crippen LogP contribution in [0.4, 0.5) is 0 Å². The number of H-pyrrole nitrogens is 1. The first kappa shape index (κ1) is 51.6. The summed E-state index contributed by atoms with van der Waals surface area (Å²) >= 11 is 0. The third-order valence-electron chi connectivity index (χ3n) is 12.6. The van der Waals surface area contributed by atoms with Gasteiger partial charge in [0.15, 0.2) is 12.3 Å². The highest BCUT2D eigenvalue weighted by molar-refractivity contribution is 5.95. The van der Waals surface area contributed by atoms with Crippen LogP contribution in [0.5, 0.6) is 5.75 Å². The van der Waals surface area contributed by atoms with E-state index in [-0.39, 0.29) is 37.9 Å². The Balaban J connectivity index is 1.16. The zero-order chi connectivity index (χ0) is 45.6. The first-order valence-electron chi connectivity index (χ1n) is 24.1. The first-order chi connectivity index (χ1) is 30.5. The zero-order valence-corrected chi connectivity index (χ0v) is 39.4. The summed E-state index contributed by atoms with van der Waals surface area (Å²) in [6.07, 6.45) is 19.5. The second kappa shape index (κ2) is 28.0. The highest BCUT2D eigenvalue weighted by Gasteiger charge is 2.48. The van der Waals surface area contributed by atoms with E-state index in [1.165, 1.54) is 108 Å². The molecule has 1 aromatic heterocycles. The maximum Gasteiger partial charge on any atom is 0.330 e. The van der Waals surface area contributed by atoms with Crippen LogP contribution in [0.25, 0.3) is 0 Å². The standard InChI is InChI=1S/C49H78N4O10/c1-7-9-10-11-12-13-14-15-16-17-18-19-20-21-22-23-30-60-41-34-39(33-36(3)38(41)5)47(57)52-28-26-51(27-29-52)42(54)24-25-43(55)63-44-40(8-2)62-48(45(44)61-32-31-59-6)53-35-37(4)46(56)50-49(53)58/h33-35,40,44-45,48H,7-32H2,1-6H3,(H,50,56,58)/t40-,44+,45?,48-/m1/s1. The zero-order valence-electron chi connectivity index (χ0n) is 39.4. The van der Waals surface area contributed by atoms with E-state index in [1.54, 1.807) is 16.7 Å². The van der Waals surface area contributed by atoms with Crippen LogP contribution in [-0.2, 0) is 28.5 Å². The van der Waals surface area contributed by atoms with E-state index in [0.717, 1.165) is 29.7 Å². The van der Waals surface area contributed by atoms with Crippen LogP contribution in [-0.4, -0.2) is 109 Å². The lowest BCUT2D eigenvalue weighted by atomic mass is 10.0. The fourth-order valence-electron chi connectivity index (χ4n) is 8.47. The summed E-state index contributed by atoms with van der Waals surface area (Å²) in [6, 6.07) is 3.77. The van der Waals surface area contributed by atoms with Crippen LogP contribution in [0.2, 0.25) is 0 Å². The number of hydrogen-bond acceptors (Lipinski definition) is 10. The quantitative estimate of drug-likeness (QED) is 0.0625. The lowest BCUT2D eigenvalue weighted by molar-refractivity contribution is -0.159. The number of esters is 1. The van der Waals surface area contributed by atoms with E-state index in [9.17, 15) is 24.0 Å². The molecular formula is C49H78N4O10. The molecule has 14 nitrogen and oxygen atoms in total. The Morgan fingerprint density at radius 3 is 1.89 bits per heavy atom. The molecule has 0 saturated carbocycles. The van der Waals surface area contributed by atoms with E-state index in [4.69, 9.17) is 23.7 Å². The molecule has 2 aromatic rings. The van der Waals surface area contributed by atoms with Gasteiger partial charge in [-0.15, -0.1) is 0 Å². The molecule has 0 aliphatic carbocycles. The average Bonchev–Trinajstić information content (AvgIpc) is 3.62. The Labute approximate surface area is 375 Å². The molecule has 1 N–H and O–H groups in total. The predicted molar refractivity (Wildman–Crippen MR) is 244 cm³/mol. The van der Waals surface area contributed by atoms with Crippen LogP contribution in [0, 0.1) is 20.8 Å². The number of carbonyl (C=O) groups is 3. The van der Waals surface area contributed by atoms with Crippen LogP contribution in [0.1, 0.15) is 169 Å². The third kappa shape index (κ3) is 16.5. The van der Waals surface area contributed by atoms with Crippen molar-refractivity contribution in [3.8, 4) is 5.75 Å². The van der Waals surface area contributed by atoms with Crippen LogP contribution in [0.15, 0.2) is 27.9 Å². The molecule has 4 rings (SSSR count). The molecule has 4 atom stereocenters. The summed E-state index contributed by atoms with van der Waals surface area (Å²) < 4.78 is 30.7. The van der Waals surface area contributed by atoms with E-state index >= 15 is 0 Å². The second-order valence-electron chi connectivity index (χ2n) is 17.5. The second-order valence-corrected chi connectivity index (χ2v) is 17.5. The maximum absolute atomic E-state index is 13.7. The number of nitrogens with zero attached hydrogens (tertiary/aromatic N) is 3. The molecule has 0 radical (unpaired) electrons. The molecule has 0 bridgehead atoms. The number of piperazine rings is 1. The molecule has 2 fully saturated rings. The van der Waals surface area contributed by atoms with Gasteiger partial charge in [-0.25, -0.2) is 4.79 Å². The molecule has 14 heteroatoms. The first-order valence-corrected chi connectivity index (χ1v) is 24.1. The van der Waals surface area contributed by atoms with Crippen molar-refractivity contribution >= 4 is 17.8 Å². The van der Waals surface area contributed by atoms with E-state index in [1.807, 2.05) is 32.9 Å². The molecular weight excluding hydrogens is 805 g/mol. The van der Waals surface area contributed by atoms with Gasteiger partial charge in [-0.2, -0.15) is 0 Å². The molecule has 2 amide bonds. The lowest BCUT2D eigenvalue weighted by Crippen LogP contribution is -2.50. The molecule has 3 heterocycles. The highest BCUT2D eigenvalue weighted by Crippen LogP contribution is 2.35. The van der Waals surface area contributed by atoms with Gasteiger partial charge in [0.2, 0.25) is 5.91 Å². The topological polar surface area (TPSA) is 159 Å². The van der Waals surface area contributed by atoms with Gasteiger partial charge in [-0.1, -0.05) is 110 Å². The third-order valence-corrected chi connectivity index (χ3v) is 12.6. The Hall–Kier alpha value is -4.01. The van der Waals surface area contributed by atoms with Crippen molar-refractivity contribution in [3.63, 3.8) is 0 Å². The Bertz CT molecular complexity index is 1820. The Morgan fingerprint density at radius 2 is 1.30 bits per heavy atom. The van der Waals surface area contributed by atoms with Gasteiger partial charge in [-0.05, 0) is 56.9 Å². The van der Waals surface area contributed by atoms with Gasteiger partial charge in [0.25, 0.3) is 11.5 Å². The molecule has 1 aromatic carbocycles. The van der Waals surface area contributed by atoms with Gasteiger partial charge in [0.05, 0.1) is 32.3 Å². The van der Waals surface area contributed by atoms with E-state index < -0.39 is 41.8 Å². The predicted octanol–water partition coefficient (Wildman–Crippen LogP) is 8.12. The minimum Gasteiger partial charge on any atom is -0.493 e. The highest BCUT2D eigenvalue weighted by atomic mass is 16.6. The molecule has 1 unspecified atom stereocenters. The van der Waals surface area contributed by atoms with E-state index in [2.05, 4.69) is 11.9 Å². The number of benzene rings is 1. The smallest absolute Gasteiger partial charge is 0.330 e. The van der Waals surface area contributed by atoms with Crippen LogP contribution < -0.4 is 16.0 Å². The number of methoxy groups -OCH3 is 1. The molecule has 2 aliphatic rings. The number of aryl methyl sites for hydroxylation is 2. The van der Waals surface area contributed by atoms with Crippen molar-refractivity contribution in [1.29, 1.82) is 0 Å². The van der Waals surface area contributed by atoms with Gasteiger partial charge >= 0.3 is 11.7 Å². The SMILES string of the molecule is CCCCCCCCCCCCCCCCCCOc1cc(C(=O)N2CCN(C(=O)CCC(=O)O[C@@H]3C(OCCOC)[C@H](n4cc(C)c(=O)[nH]c4=O)O[C@@H]3CC)CC2)cc(C)c1C. The summed E-state index contributed by atoms with van der Waals surface area (Å²) in [7, 11) is 1.53. The summed E-state index contributed by atoms with van der Waals surface area (Å²) in [5.74, 6) is -0.146. The number of aromatic nitrogens is 2. The van der Waals surface area contributed by atoms with E-state index in [0.29, 0.717) is 50.3 Å².